The van der Waals surface area contributed by atoms with E-state index in [1.54, 1.807) is 0 Å². The number of amides is 1. The zero-order valence-corrected chi connectivity index (χ0v) is 10.9. The molecule has 0 saturated heterocycles. The van der Waals surface area contributed by atoms with Crippen molar-refractivity contribution >= 4 is 5.91 Å². The Morgan fingerprint density at radius 2 is 2.11 bits per heavy atom. The number of nitrogens with two attached hydrogens (primary N) is 1. The molecule has 0 aliphatic carbocycles. The van der Waals surface area contributed by atoms with Crippen LogP contribution < -0.4 is 11.3 Å². The Kier molecular flexibility index (Phi) is 5.25. The average Bonchev–Trinajstić information content (AvgIpc) is 2.36. The molecule has 1 unspecified atom stereocenters. The number of hydrogen-bond acceptors (Lipinski definition) is 3. The molecule has 0 fully saturated rings. The topological polar surface area (TPSA) is 64.3 Å². The van der Waals surface area contributed by atoms with E-state index >= 15 is 0 Å². The van der Waals surface area contributed by atoms with Crippen LogP contribution in [0.4, 0.5) is 4.39 Å². The van der Waals surface area contributed by atoms with Gasteiger partial charge in [0.1, 0.15) is 5.82 Å². The van der Waals surface area contributed by atoms with Crippen LogP contribution in [0.3, 0.4) is 0 Å². The standard InChI is InChI=1S/C13H19FN2O2/c1-8(2)9(3)18-7-11-6-10(13(17)16-15)4-5-12(11)14/h4-6,8-9H,7,15H2,1-3H3,(H,16,17). The van der Waals surface area contributed by atoms with Crippen molar-refractivity contribution in [2.75, 3.05) is 0 Å². The molecule has 1 aromatic carbocycles. The highest BCUT2D eigenvalue weighted by molar-refractivity contribution is 5.93. The first-order valence-electron chi connectivity index (χ1n) is 5.86. The molecule has 0 radical (unpaired) electrons. The third-order valence-electron chi connectivity index (χ3n) is 2.88. The monoisotopic (exact) mass is 254 g/mol. The predicted molar refractivity (Wildman–Crippen MR) is 67.1 cm³/mol. The summed E-state index contributed by atoms with van der Waals surface area (Å²) in [4.78, 5) is 11.3. The van der Waals surface area contributed by atoms with Crippen molar-refractivity contribution in [1.29, 1.82) is 0 Å². The molecule has 0 aliphatic heterocycles. The second-order valence-corrected chi connectivity index (χ2v) is 4.54. The van der Waals surface area contributed by atoms with Gasteiger partial charge in [0.15, 0.2) is 0 Å². The molecular weight excluding hydrogens is 235 g/mol. The fourth-order valence-electron chi connectivity index (χ4n) is 1.32. The summed E-state index contributed by atoms with van der Waals surface area (Å²) in [5.74, 6) is 4.54. The highest BCUT2D eigenvalue weighted by Crippen LogP contribution is 2.14. The summed E-state index contributed by atoms with van der Waals surface area (Å²) in [6, 6.07) is 4.07. The summed E-state index contributed by atoms with van der Waals surface area (Å²) >= 11 is 0. The fraction of sp³-hybridized carbons (Fsp3) is 0.462. The lowest BCUT2D eigenvalue weighted by atomic mass is 10.1. The molecular formula is C13H19FN2O2. The third kappa shape index (κ3) is 3.78. The minimum Gasteiger partial charge on any atom is -0.373 e. The molecule has 1 rings (SSSR count). The summed E-state index contributed by atoms with van der Waals surface area (Å²) in [7, 11) is 0. The number of nitrogen functional groups attached to an aromatic ring is 1. The number of nitrogens with one attached hydrogen (secondary N) is 1. The molecule has 1 aromatic rings. The minimum absolute atomic E-state index is 0.0244. The van der Waals surface area contributed by atoms with Gasteiger partial charge in [-0.15, -0.1) is 0 Å². The smallest absolute Gasteiger partial charge is 0.265 e. The molecule has 0 aromatic heterocycles. The zero-order chi connectivity index (χ0) is 13.7. The summed E-state index contributed by atoms with van der Waals surface area (Å²) in [6.45, 7) is 6.12. The first kappa shape index (κ1) is 14.6. The van der Waals surface area contributed by atoms with Crippen molar-refractivity contribution < 1.29 is 13.9 Å². The first-order valence-corrected chi connectivity index (χ1v) is 5.86. The Balaban J connectivity index is 2.78. The molecule has 0 aliphatic rings. The van der Waals surface area contributed by atoms with Gasteiger partial charge in [0.25, 0.3) is 5.91 Å². The van der Waals surface area contributed by atoms with Crippen molar-refractivity contribution in [3.63, 3.8) is 0 Å². The van der Waals surface area contributed by atoms with Crippen LogP contribution in [0.5, 0.6) is 0 Å². The van der Waals surface area contributed by atoms with Gasteiger partial charge in [0.05, 0.1) is 12.7 Å². The van der Waals surface area contributed by atoms with E-state index in [0.29, 0.717) is 17.0 Å². The number of carbonyl (C=O) groups is 1. The molecule has 0 heterocycles. The Labute approximate surface area is 106 Å². The number of rotatable bonds is 5. The van der Waals surface area contributed by atoms with Gasteiger partial charge in [-0.2, -0.15) is 0 Å². The number of ether oxygens (including phenoxy) is 1. The number of benzene rings is 1. The maximum atomic E-state index is 13.5. The van der Waals surface area contributed by atoms with Crippen LogP contribution in [-0.2, 0) is 11.3 Å². The van der Waals surface area contributed by atoms with E-state index in [2.05, 4.69) is 0 Å². The van der Waals surface area contributed by atoms with Gasteiger partial charge < -0.3 is 4.74 Å². The lowest BCUT2D eigenvalue weighted by Crippen LogP contribution is -2.30. The van der Waals surface area contributed by atoms with Crippen molar-refractivity contribution in [2.45, 2.75) is 33.5 Å². The normalized spacial score (nSPS) is 12.6. The number of carbonyl (C=O) groups excluding carboxylic acids is 1. The Morgan fingerprint density at radius 3 is 2.67 bits per heavy atom. The maximum Gasteiger partial charge on any atom is 0.265 e. The average molecular weight is 254 g/mol. The molecule has 1 atom stereocenters. The molecule has 4 nitrogen and oxygen atoms in total. The second kappa shape index (κ2) is 6.47. The fourth-order valence-corrected chi connectivity index (χ4v) is 1.32. The van der Waals surface area contributed by atoms with E-state index in [0.717, 1.165) is 0 Å². The second-order valence-electron chi connectivity index (χ2n) is 4.54. The molecule has 0 bridgehead atoms. The predicted octanol–water partition coefficient (Wildman–Crippen LogP) is 1.99. The van der Waals surface area contributed by atoms with Crippen LogP contribution in [0.25, 0.3) is 0 Å². The van der Waals surface area contributed by atoms with E-state index < -0.39 is 5.91 Å². The summed E-state index contributed by atoms with van der Waals surface area (Å²) in [5, 5.41) is 0. The first-order chi connectivity index (χ1) is 8.45. The van der Waals surface area contributed by atoms with Gasteiger partial charge in [0, 0.05) is 11.1 Å². The van der Waals surface area contributed by atoms with E-state index in [-0.39, 0.29) is 18.5 Å². The summed E-state index contributed by atoms with van der Waals surface area (Å²) < 4.78 is 19.1. The highest BCUT2D eigenvalue weighted by Gasteiger charge is 2.12. The lowest BCUT2D eigenvalue weighted by molar-refractivity contribution is 0.0221. The summed E-state index contributed by atoms with van der Waals surface area (Å²) in [6.07, 6.45) is 0.0244. The van der Waals surface area contributed by atoms with Crippen LogP contribution in [0.1, 0.15) is 36.7 Å². The zero-order valence-electron chi connectivity index (χ0n) is 10.9. The number of hydrogen-bond donors (Lipinski definition) is 2. The van der Waals surface area contributed by atoms with Gasteiger partial charge in [-0.3, -0.25) is 10.2 Å². The van der Waals surface area contributed by atoms with Gasteiger partial charge in [-0.1, -0.05) is 13.8 Å². The SMILES string of the molecule is CC(C)C(C)OCc1cc(C(=O)NN)ccc1F. The van der Waals surface area contributed by atoms with Crippen molar-refractivity contribution in [1.82, 2.24) is 5.43 Å². The van der Waals surface area contributed by atoms with Gasteiger partial charge in [0.2, 0.25) is 0 Å². The maximum absolute atomic E-state index is 13.5. The number of hydrazine groups is 1. The Bertz CT molecular complexity index is 421. The van der Waals surface area contributed by atoms with E-state index in [9.17, 15) is 9.18 Å². The Morgan fingerprint density at radius 1 is 1.44 bits per heavy atom. The summed E-state index contributed by atoms with van der Waals surface area (Å²) in [5.41, 5.74) is 2.67. The van der Waals surface area contributed by atoms with Crippen LogP contribution in [0.2, 0.25) is 0 Å². The van der Waals surface area contributed by atoms with Crippen LogP contribution in [0.15, 0.2) is 18.2 Å². The van der Waals surface area contributed by atoms with E-state index in [1.807, 2.05) is 26.2 Å². The van der Waals surface area contributed by atoms with Crippen molar-refractivity contribution in [3.05, 3.63) is 35.1 Å². The largest absolute Gasteiger partial charge is 0.373 e. The Hall–Kier alpha value is -1.46. The van der Waals surface area contributed by atoms with E-state index in [4.69, 9.17) is 10.6 Å². The molecule has 1 amide bonds. The van der Waals surface area contributed by atoms with Crippen molar-refractivity contribution in [2.24, 2.45) is 11.8 Å². The van der Waals surface area contributed by atoms with Crippen LogP contribution in [0, 0.1) is 11.7 Å². The van der Waals surface area contributed by atoms with Crippen molar-refractivity contribution in [3.8, 4) is 0 Å². The molecule has 18 heavy (non-hydrogen) atoms. The van der Waals surface area contributed by atoms with Gasteiger partial charge in [-0.05, 0) is 31.0 Å². The van der Waals surface area contributed by atoms with Crippen LogP contribution in [-0.4, -0.2) is 12.0 Å². The minimum atomic E-state index is -0.451. The molecule has 100 valence electrons. The van der Waals surface area contributed by atoms with Gasteiger partial charge >= 0.3 is 0 Å². The molecule has 0 saturated carbocycles. The number of halogens is 1. The van der Waals surface area contributed by atoms with E-state index in [1.165, 1.54) is 18.2 Å². The molecule has 5 heteroatoms. The highest BCUT2D eigenvalue weighted by atomic mass is 19.1. The third-order valence-corrected chi connectivity index (χ3v) is 2.88. The molecule has 3 N–H and O–H groups in total. The lowest BCUT2D eigenvalue weighted by Gasteiger charge is -2.17. The van der Waals surface area contributed by atoms with Gasteiger partial charge in [-0.25, -0.2) is 10.2 Å². The molecule has 0 spiro atoms. The quantitative estimate of drug-likeness (QED) is 0.480. The van der Waals surface area contributed by atoms with Crippen LogP contribution >= 0.6 is 0 Å².